The SMILES string of the molecule is O=C(O)CC(F)(F)C(=O)N1N[C@@H](c2c(-c3ccc(Cl)cc3)c3ccccc3[nH]c2=O)C[C@H]1c1ccc(Cl)cc1. The number of fused-ring (bicyclic) bond motifs is 1. The molecule has 0 bridgehead atoms. The van der Waals surface area contributed by atoms with Gasteiger partial charge in [0, 0.05) is 32.1 Å². The van der Waals surface area contributed by atoms with Crippen LogP contribution in [0.3, 0.4) is 0 Å². The summed E-state index contributed by atoms with van der Waals surface area (Å²) in [6.45, 7) is 0. The van der Waals surface area contributed by atoms with Gasteiger partial charge in [0.1, 0.15) is 6.42 Å². The van der Waals surface area contributed by atoms with Crippen LogP contribution in [-0.2, 0) is 9.59 Å². The highest BCUT2D eigenvalue weighted by Gasteiger charge is 2.50. The van der Waals surface area contributed by atoms with Gasteiger partial charge in [0.2, 0.25) is 0 Å². The Hall–Kier alpha value is -3.79. The number of nitrogens with zero attached hydrogens (tertiary/aromatic N) is 1. The number of aromatic amines is 1. The van der Waals surface area contributed by atoms with E-state index in [1.807, 2.05) is 12.1 Å². The molecule has 1 fully saturated rings. The molecule has 0 spiro atoms. The first-order valence-corrected chi connectivity index (χ1v) is 12.7. The highest BCUT2D eigenvalue weighted by molar-refractivity contribution is 6.30. The van der Waals surface area contributed by atoms with Crippen LogP contribution >= 0.6 is 23.2 Å². The number of hydrogen-bond donors (Lipinski definition) is 3. The van der Waals surface area contributed by atoms with Crippen molar-refractivity contribution in [1.82, 2.24) is 15.4 Å². The van der Waals surface area contributed by atoms with Crippen molar-refractivity contribution in [3.05, 3.63) is 104 Å². The zero-order valence-corrected chi connectivity index (χ0v) is 21.6. The normalized spacial score (nSPS) is 17.5. The number of hydrazine groups is 1. The fraction of sp³-hybridized carbons (Fsp3) is 0.179. The third-order valence-electron chi connectivity index (χ3n) is 6.67. The van der Waals surface area contributed by atoms with Gasteiger partial charge in [-0.1, -0.05) is 65.7 Å². The standard InChI is InChI=1S/C28H21Cl2F2N3O4/c29-17-9-5-15(6-10-17)22-13-21(34-35(22)27(39)28(31,32)14-23(36)37)25-24(16-7-11-18(30)12-8-16)19-3-1-2-4-20(19)33-26(25)38/h1-12,21-22,34H,13-14H2,(H,33,38)(H,36,37)/t21-,22+/m1/s1. The topological polar surface area (TPSA) is 102 Å². The third-order valence-corrected chi connectivity index (χ3v) is 7.17. The molecule has 3 N–H and O–H groups in total. The number of H-pyrrole nitrogens is 1. The smallest absolute Gasteiger partial charge is 0.336 e. The molecule has 1 aliphatic rings. The molecular weight excluding hydrogens is 551 g/mol. The van der Waals surface area contributed by atoms with Crippen molar-refractivity contribution in [2.75, 3.05) is 0 Å². The van der Waals surface area contributed by atoms with Gasteiger partial charge in [-0.05, 0) is 47.9 Å². The second kappa shape index (κ2) is 10.4. The molecule has 1 aliphatic heterocycles. The summed E-state index contributed by atoms with van der Waals surface area (Å²) in [5, 5.41) is 11.3. The number of halogens is 4. The van der Waals surface area contributed by atoms with Crippen LogP contribution in [0, 0.1) is 0 Å². The van der Waals surface area contributed by atoms with E-state index in [2.05, 4.69) is 10.4 Å². The largest absolute Gasteiger partial charge is 0.481 e. The van der Waals surface area contributed by atoms with Gasteiger partial charge in [-0.25, -0.2) is 5.43 Å². The van der Waals surface area contributed by atoms with Gasteiger partial charge in [-0.2, -0.15) is 8.78 Å². The lowest BCUT2D eigenvalue weighted by Crippen LogP contribution is -2.49. The Labute approximate surface area is 230 Å². The van der Waals surface area contributed by atoms with E-state index < -0.39 is 41.9 Å². The van der Waals surface area contributed by atoms with Crippen LogP contribution in [0.15, 0.2) is 77.6 Å². The van der Waals surface area contributed by atoms with E-state index in [0.29, 0.717) is 37.6 Å². The van der Waals surface area contributed by atoms with E-state index in [0.717, 1.165) is 5.01 Å². The number of aromatic nitrogens is 1. The Bertz CT molecular complexity index is 1630. The van der Waals surface area contributed by atoms with Gasteiger partial charge in [0.25, 0.3) is 5.56 Å². The number of carbonyl (C=O) groups excluding carboxylic acids is 1. The molecule has 0 radical (unpaired) electrons. The number of hydrogen-bond acceptors (Lipinski definition) is 4. The van der Waals surface area contributed by atoms with Crippen LogP contribution in [0.5, 0.6) is 0 Å². The zero-order valence-electron chi connectivity index (χ0n) is 20.1. The Kier molecular flexibility index (Phi) is 7.15. The molecule has 2 atom stereocenters. The molecule has 1 aromatic heterocycles. The lowest BCUT2D eigenvalue weighted by Gasteiger charge is -2.28. The first kappa shape index (κ1) is 26.8. The van der Waals surface area contributed by atoms with E-state index in [1.54, 1.807) is 60.7 Å². The number of benzene rings is 3. The first-order chi connectivity index (χ1) is 18.5. The van der Waals surface area contributed by atoms with Gasteiger partial charge in [-0.15, -0.1) is 0 Å². The lowest BCUT2D eigenvalue weighted by molar-refractivity contribution is -0.169. The summed E-state index contributed by atoms with van der Waals surface area (Å²) in [5.41, 5.74) is 4.88. The molecule has 0 saturated carbocycles. The Morgan fingerprint density at radius 2 is 1.59 bits per heavy atom. The summed E-state index contributed by atoms with van der Waals surface area (Å²) >= 11 is 12.1. The Morgan fingerprint density at radius 3 is 2.23 bits per heavy atom. The van der Waals surface area contributed by atoms with Crippen molar-refractivity contribution in [2.45, 2.75) is 30.8 Å². The van der Waals surface area contributed by atoms with Crippen molar-refractivity contribution >= 4 is 46.0 Å². The van der Waals surface area contributed by atoms with Crippen molar-refractivity contribution in [1.29, 1.82) is 0 Å². The van der Waals surface area contributed by atoms with Gasteiger partial charge < -0.3 is 10.1 Å². The van der Waals surface area contributed by atoms with Crippen LogP contribution in [0.4, 0.5) is 8.78 Å². The maximum absolute atomic E-state index is 14.8. The highest BCUT2D eigenvalue weighted by Crippen LogP contribution is 2.43. The predicted molar refractivity (Wildman–Crippen MR) is 144 cm³/mol. The van der Waals surface area contributed by atoms with Crippen LogP contribution < -0.4 is 11.0 Å². The molecular formula is C28H21Cl2F2N3O4. The summed E-state index contributed by atoms with van der Waals surface area (Å²) in [5.74, 6) is -7.71. The van der Waals surface area contributed by atoms with Crippen molar-refractivity contribution in [2.24, 2.45) is 0 Å². The van der Waals surface area contributed by atoms with Gasteiger partial charge in [-0.3, -0.25) is 19.4 Å². The lowest BCUT2D eigenvalue weighted by atomic mass is 9.90. The minimum atomic E-state index is -4.19. The Balaban J connectivity index is 1.67. The number of pyridine rings is 1. The zero-order chi connectivity index (χ0) is 27.9. The molecule has 1 saturated heterocycles. The van der Waals surface area contributed by atoms with Crippen molar-refractivity contribution < 1.29 is 23.5 Å². The molecule has 2 heterocycles. The quantitative estimate of drug-likeness (QED) is 0.258. The molecule has 5 rings (SSSR count). The number of carboxylic acid groups (broad SMARTS) is 1. The molecule has 3 aromatic carbocycles. The van der Waals surface area contributed by atoms with Gasteiger partial charge in [0.05, 0.1) is 12.1 Å². The highest BCUT2D eigenvalue weighted by atomic mass is 35.5. The number of carbonyl (C=O) groups is 2. The maximum atomic E-state index is 14.8. The number of rotatable bonds is 6. The van der Waals surface area contributed by atoms with Gasteiger partial charge in [0.15, 0.2) is 0 Å². The second-order valence-corrected chi connectivity index (χ2v) is 10.1. The second-order valence-electron chi connectivity index (χ2n) is 9.23. The van der Waals surface area contributed by atoms with E-state index in [1.165, 1.54) is 0 Å². The molecule has 0 aliphatic carbocycles. The minimum absolute atomic E-state index is 0.0541. The molecule has 7 nitrogen and oxygen atoms in total. The number of carboxylic acids is 1. The number of para-hydroxylation sites is 1. The molecule has 4 aromatic rings. The van der Waals surface area contributed by atoms with Crippen LogP contribution in [0.25, 0.3) is 22.0 Å². The summed E-state index contributed by atoms with van der Waals surface area (Å²) in [4.78, 5) is 40.5. The molecule has 0 unspecified atom stereocenters. The first-order valence-electron chi connectivity index (χ1n) is 11.9. The summed E-state index contributed by atoms with van der Waals surface area (Å²) in [7, 11) is 0. The monoisotopic (exact) mass is 571 g/mol. The van der Waals surface area contributed by atoms with E-state index in [-0.39, 0.29) is 12.0 Å². The minimum Gasteiger partial charge on any atom is -0.481 e. The van der Waals surface area contributed by atoms with E-state index in [4.69, 9.17) is 28.3 Å². The number of amides is 1. The molecule has 1 amide bonds. The van der Waals surface area contributed by atoms with Crippen LogP contribution in [-0.4, -0.2) is 32.9 Å². The number of nitrogens with one attached hydrogen (secondary N) is 2. The summed E-state index contributed by atoms with van der Waals surface area (Å²) in [6.07, 6.45) is -1.62. The van der Waals surface area contributed by atoms with E-state index >= 15 is 0 Å². The summed E-state index contributed by atoms with van der Waals surface area (Å²) < 4.78 is 29.5. The number of alkyl halides is 2. The van der Waals surface area contributed by atoms with Crippen LogP contribution in [0.2, 0.25) is 10.0 Å². The average Bonchev–Trinajstić information content (AvgIpc) is 3.32. The van der Waals surface area contributed by atoms with Crippen LogP contribution in [0.1, 0.15) is 36.1 Å². The van der Waals surface area contributed by atoms with Crippen molar-refractivity contribution in [3.8, 4) is 11.1 Å². The fourth-order valence-corrected chi connectivity index (χ4v) is 5.20. The molecule has 11 heteroatoms. The van der Waals surface area contributed by atoms with E-state index in [9.17, 15) is 23.2 Å². The Morgan fingerprint density at radius 1 is 0.974 bits per heavy atom. The third kappa shape index (κ3) is 5.25. The maximum Gasteiger partial charge on any atom is 0.336 e. The average molecular weight is 572 g/mol. The predicted octanol–water partition coefficient (Wildman–Crippen LogP) is 6.13. The number of aliphatic carboxylic acids is 1. The fourth-order valence-electron chi connectivity index (χ4n) is 4.95. The summed E-state index contributed by atoms with van der Waals surface area (Å²) in [6, 6.07) is 18.5. The van der Waals surface area contributed by atoms with Gasteiger partial charge >= 0.3 is 17.8 Å². The molecule has 200 valence electrons. The molecule has 39 heavy (non-hydrogen) atoms. The van der Waals surface area contributed by atoms with Crippen molar-refractivity contribution in [3.63, 3.8) is 0 Å².